The monoisotopic (exact) mass is 426 g/mol. The number of hydrogen-bond donors (Lipinski definition) is 0. The Labute approximate surface area is 184 Å². The molecule has 0 amide bonds. The maximum Gasteiger partial charge on any atom is 0.146 e. The average Bonchev–Trinajstić information content (AvgIpc) is 3.28. The van der Waals surface area contributed by atoms with Crippen LogP contribution in [-0.2, 0) is 23.7 Å². The maximum atomic E-state index is 6.45. The first-order valence-electron chi connectivity index (χ1n) is 12.8. The summed E-state index contributed by atoms with van der Waals surface area (Å²) < 4.78 is 29.3. The van der Waals surface area contributed by atoms with Gasteiger partial charge in [-0.15, -0.1) is 0 Å². The Balaban J connectivity index is 1.28. The van der Waals surface area contributed by atoms with E-state index in [-0.39, 0.29) is 24.4 Å². The fourth-order valence-corrected chi connectivity index (χ4v) is 5.11. The van der Waals surface area contributed by atoms with Gasteiger partial charge in [0, 0.05) is 7.11 Å². The van der Waals surface area contributed by atoms with Crippen LogP contribution in [0.4, 0.5) is 0 Å². The van der Waals surface area contributed by atoms with Crippen LogP contribution in [0.25, 0.3) is 0 Å². The first-order valence-corrected chi connectivity index (χ1v) is 12.8. The van der Waals surface area contributed by atoms with Crippen molar-refractivity contribution in [1.82, 2.24) is 0 Å². The largest absolute Gasteiger partial charge is 0.370 e. The lowest BCUT2D eigenvalue weighted by Gasteiger charge is -2.26. The lowest BCUT2D eigenvalue weighted by Crippen LogP contribution is -2.33. The van der Waals surface area contributed by atoms with E-state index in [4.69, 9.17) is 23.7 Å². The lowest BCUT2D eigenvalue weighted by atomic mass is 10.0. The van der Waals surface area contributed by atoms with Crippen molar-refractivity contribution >= 4 is 0 Å². The van der Waals surface area contributed by atoms with Crippen LogP contribution in [0, 0.1) is 0 Å². The molecule has 0 bridgehead atoms. The minimum Gasteiger partial charge on any atom is -0.370 e. The summed E-state index contributed by atoms with van der Waals surface area (Å²) in [6, 6.07) is 0. The van der Waals surface area contributed by atoms with Gasteiger partial charge in [0.05, 0.1) is 37.1 Å². The van der Waals surface area contributed by atoms with Gasteiger partial charge in [-0.05, 0) is 32.1 Å². The van der Waals surface area contributed by atoms with Crippen molar-refractivity contribution in [1.29, 1.82) is 0 Å². The van der Waals surface area contributed by atoms with Gasteiger partial charge in [0.2, 0.25) is 0 Å². The highest BCUT2D eigenvalue weighted by molar-refractivity contribution is 4.92. The van der Waals surface area contributed by atoms with Crippen molar-refractivity contribution in [2.45, 2.75) is 140 Å². The zero-order valence-corrected chi connectivity index (χ0v) is 19.5. The summed E-state index contributed by atoms with van der Waals surface area (Å²) in [4.78, 5) is 0. The molecule has 0 saturated carbocycles. The van der Waals surface area contributed by atoms with Gasteiger partial charge in [-0.3, -0.25) is 0 Å². The van der Waals surface area contributed by atoms with Crippen molar-refractivity contribution in [3.8, 4) is 0 Å². The minimum absolute atomic E-state index is 0.146. The van der Waals surface area contributed by atoms with Crippen LogP contribution in [-0.4, -0.2) is 57.1 Å². The number of methoxy groups -OCH3 is 1. The van der Waals surface area contributed by atoms with E-state index < -0.39 is 0 Å². The highest BCUT2D eigenvalue weighted by Crippen LogP contribution is 2.36. The summed E-state index contributed by atoms with van der Waals surface area (Å²) in [7, 11) is 1.70. The smallest absolute Gasteiger partial charge is 0.146 e. The molecule has 5 heteroatoms. The van der Waals surface area contributed by atoms with Crippen LogP contribution in [0.1, 0.15) is 103 Å². The molecule has 3 aliphatic heterocycles. The Hall–Kier alpha value is -0.200. The molecule has 0 aromatic carbocycles. The van der Waals surface area contributed by atoms with E-state index in [2.05, 4.69) is 6.92 Å². The fraction of sp³-hybridized carbons (Fsp3) is 1.00. The van der Waals surface area contributed by atoms with Gasteiger partial charge >= 0.3 is 0 Å². The molecule has 3 fully saturated rings. The molecule has 3 heterocycles. The SMILES string of the molecule is CCCCCCCCCCCC[C@H](OCOC)[C@H]1CC[C@H]([C@H]2CC[C@H]([C@H]3CO3)O2)O1. The molecule has 0 aromatic heterocycles. The van der Waals surface area contributed by atoms with E-state index in [0.717, 1.165) is 38.7 Å². The second-order valence-corrected chi connectivity index (χ2v) is 9.53. The summed E-state index contributed by atoms with van der Waals surface area (Å²) in [5.41, 5.74) is 0. The van der Waals surface area contributed by atoms with Gasteiger partial charge in [0.15, 0.2) is 0 Å². The quantitative estimate of drug-likeness (QED) is 0.168. The Morgan fingerprint density at radius 3 is 1.93 bits per heavy atom. The third-order valence-corrected chi connectivity index (χ3v) is 7.02. The first kappa shape index (κ1) is 24.4. The van der Waals surface area contributed by atoms with E-state index in [9.17, 15) is 0 Å². The minimum atomic E-state index is 0.146. The van der Waals surface area contributed by atoms with E-state index in [0.29, 0.717) is 19.0 Å². The Kier molecular flexibility index (Phi) is 11.4. The van der Waals surface area contributed by atoms with Crippen molar-refractivity contribution in [3.63, 3.8) is 0 Å². The van der Waals surface area contributed by atoms with Gasteiger partial charge in [-0.2, -0.15) is 0 Å². The van der Waals surface area contributed by atoms with E-state index >= 15 is 0 Å². The summed E-state index contributed by atoms with van der Waals surface area (Å²) in [6.45, 7) is 3.51. The van der Waals surface area contributed by atoms with Crippen molar-refractivity contribution in [2.24, 2.45) is 0 Å². The Morgan fingerprint density at radius 2 is 1.30 bits per heavy atom. The third kappa shape index (κ3) is 8.38. The molecule has 0 aliphatic carbocycles. The lowest BCUT2D eigenvalue weighted by molar-refractivity contribution is -0.142. The number of hydrogen-bond acceptors (Lipinski definition) is 5. The number of epoxide rings is 1. The first-order chi connectivity index (χ1) is 14.8. The molecule has 0 unspecified atom stereocenters. The summed E-state index contributed by atoms with van der Waals surface area (Å²) in [6.07, 6.45) is 20.5. The molecule has 0 N–H and O–H groups in total. The zero-order chi connectivity index (χ0) is 21.0. The van der Waals surface area contributed by atoms with Gasteiger partial charge < -0.3 is 23.7 Å². The number of unbranched alkanes of at least 4 members (excludes halogenated alkanes) is 9. The molecule has 0 spiro atoms. The molecule has 176 valence electrons. The standard InChI is InChI=1S/C25H46O5/c1-3-4-5-6-7-8-9-10-11-12-13-20(28-19-26-2)21-14-15-22(29-21)23-16-17-24(30-23)25-18-27-25/h20-25H,3-19H2,1-2H3/t20-,21+,22+,23+,24+,25+/m0/s1. The van der Waals surface area contributed by atoms with Crippen LogP contribution >= 0.6 is 0 Å². The zero-order valence-electron chi connectivity index (χ0n) is 19.5. The average molecular weight is 427 g/mol. The molecule has 3 saturated heterocycles. The number of rotatable bonds is 17. The highest BCUT2D eigenvalue weighted by atomic mass is 16.7. The topological polar surface area (TPSA) is 49.5 Å². The van der Waals surface area contributed by atoms with E-state index in [1.807, 2.05) is 0 Å². The molecule has 30 heavy (non-hydrogen) atoms. The molecule has 6 atom stereocenters. The summed E-state index contributed by atoms with van der Waals surface area (Å²) in [5, 5.41) is 0. The predicted molar refractivity (Wildman–Crippen MR) is 119 cm³/mol. The summed E-state index contributed by atoms with van der Waals surface area (Å²) >= 11 is 0. The normalized spacial score (nSPS) is 32.0. The molecule has 5 nitrogen and oxygen atoms in total. The van der Waals surface area contributed by atoms with Crippen LogP contribution in [0.5, 0.6) is 0 Å². The number of ether oxygens (including phenoxy) is 5. The van der Waals surface area contributed by atoms with Crippen molar-refractivity contribution < 1.29 is 23.7 Å². The fourth-order valence-electron chi connectivity index (χ4n) is 5.11. The predicted octanol–water partition coefficient (Wildman–Crippen LogP) is 5.78. The Bertz CT molecular complexity index is 441. The highest BCUT2D eigenvalue weighted by Gasteiger charge is 2.44. The van der Waals surface area contributed by atoms with Crippen LogP contribution in [0.3, 0.4) is 0 Å². The molecule has 0 radical (unpaired) electrons. The second-order valence-electron chi connectivity index (χ2n) is 9.53. The molecular formula is C25H46O5. The molecule has 3 rings (SSSR count). The van der Waals surface area contributed by atoms with Crippen LogP contribution in [0.15, 0.2) is 0 Å². The van der Waals surface area contributed by atoms with Crippen LogP contribution in [0.2, 0.25) is 0 Å². The molecule has 3 aliphatic rings. The van der Waals surface area contributed by atoms with E-state index in [1.165, 1.54) is 64.2 Å². The molecule has 0 aromatic rings. The van der Waals surface area contributed by atoms with Crippen LogP contribution < -0.4 is 0 Å². The second kappa shape index (κ2) is 14.1. The van der Waals surface area contributed by atoms with Gasteiger partial charge in [0.1, 0.15) is 12.9 Å². The van der Waals surface area contributed by atoms with Crippen molar-refractivity contribution in [3.05, 3.63) is 0 Å². The molecular weight excluding hydrogens is 380 g/mol. The maximum absolute atomic E-state index is 6.45. The van der Waals surface area contributed by atoms with E-state index in [1.54, 1.807) is 7.11 Å². The third-order valence-electron chi connectivity index (χ3n) is 7.02. The van der Waals surface area contributed by atoms with Gasteiger partial charge in [0.25, 0.3) is 0 Å². The van der Waals surface area contributed by atoms with Gasteiger partial charge in [-0.25, -0.2) is 0 Å². The Morgan fingerprint density at radius 1 is 0.733 bits per heavy atom. The van der Waals surface area contributed by atoms with Crippen molar-refractivity contribution in [2.75, 3.05) is 20.5 Å². The van der Waals surface area contributed by atoms with Gasteiger partial charge in [-0.1, -0.05) is 71.1 Å². The summed E-state index contributed by atoms with van der Waals surface area (Å²) in [5.74, 6) is 0.